The average molecular weight is 274 g/mol. The van der Waals surface area contributed by atoms with Crippen LogP contribution < -0.4 is 5.32 Å². The predicted octanol–water partition coefficient (Wildman–Crippen LogP) is 2.10. The smallest absolute Gasteiger partial charge is 0.307 e. The van der Waals surface area contributed by atoms with Gasteiger partial charge in [0.05, 0.1) is 12.0 Å². The second-order valence-corrected chi connectivity index (χ2v) is 4.05. The molecule has 0 bridgehead atoms. The van der Waals surface area contributed by atoms with E-state index < -0.39 is 17.8 Å². The molecule has 20 heavy (non-hydrogen) atoms. The molecule has 0 aliphatic rings. The molecule has 1 aromatic carbocycles. The van der Waals surface area contributed by atoms with Crippen LogP contribution in [0.15, 0.2) is 42.6 Å². The number of aliphatic carboxylic acids is 1. The van der Waals surface area contributed by atoms with Crippen LogP contribution in [-0.2, 0) is 11.2 Å². The maximum absolute atomic E-state index is 12.7. The number of para-hydroxylation sites is 1. The Morgan fingerprint density at radius 2 is 1.95 bits per heavy atom. The van der Waals surface area contributed by atoms with E-state index in [9.17, 15) is 14.0 Å². The molecule has 102 valence electrons. The van der Waals surface area contributed by atoms with Crippen molar-refractivity contribution < 1.29 is 19.1 Å². The van der Waals surface area contributed by atoms with Crippen molar-refractivity contribution in [3.05, 3.63) is 59.7 Å². The summed E-state index contributed by atoms with van der Waals surface area (Å²) in [7, 11) is 0. The minimum absolute atomic E-state index is 0.191. The molecular weight excluding hydrogens is 263 g/mol. The number of pyridine rings is 1. The summed E-state index contributed by atoms with van der Waals surface area (Å²) in [4.78, 5) is 26.1. The Kier molecular flexibility index (Phi) is 4.05. The lowest BCUT2D eigenvalue weighted by molar-refractivity contribution is -0.136. The number of halogens is 1. The summed E-state index contributed by atoms with van der Waals surface area (Å²) in [5.74, 6) is -2.14. The molecule has 2 rings (SSSR count). The standard InChI is InChI=1S/C14H11FN2O3/c15-12-6-5-10(8-16-12)14(20)17-11-4-2-1-3-9(11)7-13(18)19/h1-6,8H,7H2,(H,17,20)(H,18,19). The molecule has 0 fully saturated rings. The van der Waals surface area contributed by atoms with Crippen LogP contribution in [0.3, 0.4) is 0 Å². The van der Waals surface area contributed by atoms with Gasteiger partial charge in [0.25, 0.3) is 5.91 Å². The van der Waals surface area contributed by atoms with Gasteiger partial charge in [-0.25, -0.2) is 4.98 Å². The Hall–Kier alpha value is -2.76. The molecule has 2 aromatic rings. The Labute approximate surface area is 114 Å². The normalized spacial score (nSPS) is 10.1. The molecule has 0 saturated carbocycles. The fraction of sp³-hybridized carbons (Fsp3) is 0.0714. The Balaban J connectivity index is 2.19. The molecule has 1 aromatic heterocycles. The molecule has 0 aliphatic heterocycles. The highest BCUT2D eigenvalue weighted by atomic mass is 19.1. The van der Waals surface area contributed by atoms with Gasteiger partial charge >= 0.3 is 5.97 Å². The van der Waals surface area contributed by atoms with Crippen molar-refractivity contribution in [2.45, 2.75) is 6.42 Å². The molecule has 0 spiro atoms. The quantitative estimate of drug-likeness (QED) is 0.837. The molecule has 1 amide bonds. The molecule has 5 nitrogen and oxygen atoms in total. The molecule has 0 saturated heterocycles. The highest BCUT2D eigenvalue weighted by Gasteiger charge is 2.11. The first-order valence-electron chi connectivity index (χ1n) is 5.79. The van der Waals surface area contributed by atoms with Crippen molar-refractivity contribution in [2.24, 2.45) is 0 Å². The predicted molar refractivity (Wildman–Crippen MR) is 69.9 cm³/mol. The van der Waals surface area contributed by atoms with Gasteiger partial charge in [0.15, 0.2) is 0 Å². The van der Waals surface area contributed by atoms with Crippen molar-refractivity contribution >= 4 is 17.6 Å². The number of nitrogens with one attached hydrogen (secondary N) is 1. The Morgan fingerprint density at radius 1 is 1.20 bits per heavy atom. The summed E-state index contributed by atoms with van der Waals surface area (Å²) >= 11 is 0. The van der Waals surface area contributed by atoms with E-state index in [2.05, 4.69) is 10.3 Å². The van der Waals surface area contributed by atoms with Crippen molar-refractivity contribution in [3.63, 3.8) is 0 Å². The average Bonchev–Trinajstić information content (AvgIpc) is 2.41. The van der Waals surface area contributed by atoms with Gasteiger partial charge in [-0.15, -0.1) is 0 Å². The molecule has 0 aliphatic carbocycles. The third kappa shape index (κ3) is 3.38. The minimum Gasteiger partial charge on any atom is -0.481 e. The van der Waals surface area contributed by atoms with Crippen LogP contribution in [0.4, 0.5) is 10.1 Å². The minimum atomic E-state index is -0.991. The van der Waals surface area contributed by atoms with E-state index in [0.29, 0.717) is 11.3 Å². The van der Waals surface area contributed by atoms with Gasteiger partial charge in [0.2, 0.25) is 5.95 Å². The van der Waals surface area contributed by atoms with E-state index in [1.165, 1.54) is 6.07 Å². The van der Waals surface area contributed by atoms with Gasteiger partial charge in [-0.05, 0) is 23.8 Å². The zero-order valence-corrected chi connectivity index (χ0v) is 10.3. The Morgan fingerprint density at radius 3 is 2.60 bits per heavy atom. The summed E-state index contributed by atoms with van der Waals surface area (Å²) in [5, 5.41) is 11.4. The van der Waals surface area contributed by atoms with Crippen LogP contribution >= 0.6 is 0 Å². The summed E-state index contributed by atoms with van der Waals surface area (Å²) < 4.78 is 12.7. The molecule has 0 unspecified atom stereocenters. The van der Waals surface area contributed by atoms with Gasteiger partial charge in [0.1, 0.15) is 0 Å². The molecule has 1 heterocycles. The monoisotopic (exact) mass is 274 g/mol. The molecule has 2 N–H and O–H groups in total. The zero-order valence-electron chi connectivity index (χ0n) is 10.3. The van der Waals surface area contributed by atoms with E-state index in [4.69, 9.17) is 5.11 Å². The molecule has 6 heteroatoms. The zero-order chi connectivity index (χ0) is 14.5. The highest BCUT2D eigenvalue weighted by Crippen LogP contribution is 2.16. The van der Waals surface area contributed by atoms with Gasteiger partial charge in [0, 0.05) is 11.9 Å². The lowest BCUT2D eigenvalue weighted by Gasteiger charge is -2.09. The first kappa shape index (κ1) is 13.7. The number of carbonyl (C=O) groups is 2. The van der Waals surface area contributed by atoms with Gasteiger partial charge in [-0.2, -0.15) is 4.39 Å². The van der Waals surface area contributed by atoms with Crippen LogP contribution in [0.5, 0.6) is 0 Å². The number of anilines is 1. The van der Waals surface area contributed by atoms with E-state index in [0.717, 1.165) is 12.3 Å². The first-order valence-corrected chi connectivity index (χ1v) is 5.79. The van der Waals surface area contributed by atoms with Crippen molar-refractivity contribution in [3.8, 4) is 0 Å². The SMILES string of the molecule is O=C(O)Cc1ccccc1NC(=O)c1ccc(F)nc1. The fourth-order valence-corrected chi connectivity index (χ4v) is 1.66. The van der Waals surface area contributed by atoms with Gasteiger partial charge in [-0.3, -0.25) is 9.59 Å². The van der Waals surface area contributed by atoms with Crippen molar-refractivity contribution in [2.75, 3.05) is 5.32 Å². The first-order chi connectivity index (χ1) is 9.56. The maximum atomic E-state index is 12.7. The van der Waals surface area contributed by atoms with Crippen LogP contribution in [0, 0.1) is 5.95 Å². The summed E-state index contributed by atoms with van der Waals surface area (Å²) in [5.41, 5.74) is 1.09. The van der Waals surface area contributed by atoms with Crippen LogP contribution in [-0.4, -0.2) is 22.0 Å². The number of carboxylic acids is 1. The van der Waals surface area contributed by atoms with Crippen LogP contribution in [0.2, 0.25) is 0 Å². The lowest BCUT2D eigenvalue weighted by Crippen LogP contribution is -2.14. The highest BCUT2D eigenvalue weighted by molar-refractivity contribution is 6.04. The number of hydrogen-bond acceptors (Lipinski definition) is 3. The molecular formula is C14H11FN2O3. The number of carbonyl (C=O) groups excluding carboxylic acids is 1. The second kappa shape index (κ2) is 5.92. The van der Waals surface area contributed by atoms with E-state index in [1.54, 1.807) is 24.3 Å². The van der Waals surface area contributed by atoms with Gasteiger partial charge in [-0.1, -0.05) is 18.2 Å². The number of carboxylic acid groups (broad SMARTS) is 1. The maximum Gasteiger partial charge on any atom is 0.307 e. The fourth-order valence-electron chi connectivity index (χ4n) is 1.66. The van der Waals surface area contributed by atoms with Crippen molar-refractivity contribution in [1.82, 2.24) is 4.98 Å². The van der Waals surface area contributed by atoms with Crippen LogP contribution in [0.1, 0.15) is 15.9 Å². The third-order valence-electron chi connectivity index (χ3n) is 2.60. The molecule has 0 radical (unpaired) electrons. The van der Waals surface area contributed by atoms with Crippen LogP contribution in [0.25, 0.3) is 0 Å². The number of rotatable bonds is 4. The van der Waals surface area contributed by atoms with E-state index >= 15 is 0 Å². The number of benzene rings is 1. The summed E-state index contributed by atoms with van der Waals surface area (Å²) in [6.07, 6.45) is 0.919. The summed E-state index contributed by atoms with van der Waals surface area (Å²) in [6.45, 7) is 0. The molecule has 0 atom stereocenters. The Bertz CT molecular complexity index is 641. The number of hydrogen-bond donors (Lipinski definition) is 2. The second-order valence-electron chi connectivity index (χ2n) is 4.05. The topological polar surface area (TPSA) is 79.3 Å². The van der Waals surface area contributed by atoms with E-state index in [-0.39, 0.29) is 12.0 Å². The number of aromatic nitrogens is 1. The lowest BCUT2D eigenvalue weighted by atomic mass is 10.1. The largest absolute Gasteiger partial charge is 0.481 e. The van der Waals surface area contributed by atoms with Crippen molar-refractivity contribution in [1.29, 1.82) is 0 Å². The van der Waals surface area contributed by atoms with E-state index in [1.807, 2.05) is 0 Å². The number of nitrogens with zero attached hydrogens (tertiary/aromatic N) is 1. The summed E-state index contributed by atoms with van der Waals surface area (Å²) in [6, 6.07) is 8.98. The van der Waals surface area contributed by atoms with Gasteiger partial charge < -0.3 is 10.4 Å². The number of amides is 1. The third-order valence-corrected chi connectivity index (χ3v) is 2.60.